The number of urea groups is 1. The fourth-order valence-corrected chi connectivity index (χ4v) is 3.43. The average molecular weight is 385 g/mol. The van der Waals surface area contributed by atoms with Gasteiger partial charge >= 0.3 is 6.03 Å². The van der Waals surface area contributed by atoms with E-state index in [0.717, 1.165) is 12.8 Å². The zero-order valence-electron chi connectivity index (χ0n) is 15.9. The van der Waals surface area contributed by atoms with Crippen LogP contribution in [0.4, 0.5) is 14.9 Å². The molecule has 0 unspecified atom stereocenters. The quantitative estimate of drug-likeness (QED) is 0.812. The van der Waals surface area contributed by atoms with Crippen LogP contribution in [0.1, 0.15) is 26.2 Å². The summed E-state index contributed by atoms with van der Waals surface area (Å²) in [6.07, 6.45) is 7.31. The predicted octanol–water partition coefficient (Wildman–Crippen LogP) is 3.33. The maximum atomic E-state index is 12.9. The maximum Gasteiger partial charge on any atom is 0.321 e. The second kappa shape index (κ2) is 8.82. The van der Waals surface area contributed by atoms with E-state index in [0.29, 0.717) is 37.3 Å². The molecule has 0 aromatic heterocycles. The van der Waals surface area contributed by atoms with Crippen LogP contribution in [-0.4, -0.2) is 47.3 Å². The van der Waals surface area contributed by atoms with Crippen molar-refractivity contribution < 1.29 is 18.8 Å². The molecule has 1 N–H and O–H groups in total. The second-order valence-corrected chi connectivity index (χ2v) is 7.10. The van der Waals surface area contributed by atoms with Gasteiger partial charge in [0.1, 0.15) is 5.82 Å². The number of piperidine rings is 1. The number of benzene rings is 1. The summed E-state index contributed by atoms with van der Waals surface area (Å²) in [4.78, 5) is 39.6. The Bertz CT molecular complexity index is 809. The molecule has 2 aliphatic heterocycles. The first-order valence-electron chi connectivity index (χ1n) is 9.46. The van der Waals surface area contributed by atoms with Crippen molar-refractivity contribution in [2.45, 2.75) is 26.2 Å². The minimum Gasteiger partial charge on any atom is -0.324 e. The average Bonchev–Trinajstić information content (AvgIpc) is 2.70. The van der Waals surface area contributed by atoms with Gasteiger partial charge in [-0.2, -0.15) is 0 Å². The Balaban J connectivity index is 1.51. The third kappa shape index (κ3) is 4.85. The summed E-state index contributed by atoms with van der Waals surface area (Å²) in [7, 11) is 0. The van der Waals surface area contributed by atoms with E-state index in [9.17, 15) is 18.8 Å². The van der Waals surface area contributed by atoms with E-state index in [1.807, 2.05) is 6.08 Å². The zero-order valence-corrected chi connectivity index (χ0v) is 15.9. The maximum absolute atomic E-state index is 12.9. The number of hydrogen-bond donors (Lipinski definition) is 1. The Morgan fingerprint density at radius 2 is 1.82 bits per heavy atom. The van der Waals surface area contributed by atoms with Gasteiger partial charge in [-0.25, -0.2) is 9.18 Å². The van der Waals surface area contributed by atoms with Crippen molar-refractivity contribution in [2.75, 3.05) is 25.0 Å². The minimum atomic E-state index is -0.349. The van der Waals surface area contributed by atoms with Gasteiger partial charge in [0, 0.05) is 30.9 Å². The summed E-state index contributed by atoms with van der Waals surface area (Å²) in [6.45, 7) is 3.30. The molecule has 0 saturated carbocycles. The van der Waals surface area contributed by atoms with E-state index in [2.05, 4.69) is 5.32 Å². The number of imide groups is 1. The first-order chi connectivity index (χ1) is 13.4. The molecule has 0 aliphatic carbocycles. The van der Waals surface area contributed by atoms with Crippen LogP contribution in [0.5, 0.6) is 0 Å². The Morgan fingerprint density at radius 1 is 1.14 bits per heavy atom. The predicted molar refractivity (Wildman–Crippen MR) is 104 cm³/mol. The molecule has 6 nitrogen and oxygen atoms in total. The number of allylic oxidation sites excluding steroid dienone is 1. The van der Waals surface area contributed by atoms with Crippen LogP contribution in [0.2, 0.25) is 0 Å². The number of halogens is 1. The number of rotatable bonds is 3. The van der Waals surface area contributed by atoms with E-state index in [4.69, 9.17) is 0 Å². The first kappa shape index (κ1) is 19.8. The summed E-state index contributed by atoms with van der Waals surface area (Å²) in [5.74, 6) is -0.672. The van der Waals surface area contributed by atoms with Gasteiger partial charge in [0.25, 0.3) is 11.8 Å². The van der Waals surface area contributed by atoms with Crippen molar-refractivity contribution in [3.05, 3.63) is 53.9 Å². The van der Waals surface area contributed by atoms with E-state index >= 15 is 0 Å². The van der Waals surface area contributed by atoms with Crippen molar-refractivity contribution >= 4 is 23.5 Å². The molecule has 0 radical (unpaired) electrons. The standard InChI is InChI=1S/C21H24FN3O3/c1-15(20(27)25-11-3-2-4-19(25)26)14-16-9-12-24(13-10-16)21(28)23-18-7-5-17(22)6-8-18/h2,4-8,14,16H,3,9-13H2,1H3,(H,23,28)/b15-14-. The zero-order chi connectivity index (χ0) is 20.1. The molecule has 3 rings (SSSR count). The van der Waals surface area contributed by atoms with Crippen LogP contribution in [0.15, 0.2) is 48.1 Å². The second-order valence-electron chi connectivity index (χ2n) is 7.10. The number of hydrogen-bond acceptors (Lipinski definition) is 3. The van der Waals surface area contributed by atoms with E-state index in [-0.39, 0.29) is 29.6 Å². The van der Waals surface area contributed by atoms with Gasteiger partial charge in [0.05, 0.1) is 0 Å². The monoisotopic (exact) mass is 385 g/mol. The smallest absolute Gasteiger partial charge is 0.321 e. The van der Waals surface area contributed by atoms with Gasteiger partial charge in [0.15, 0.2) is 0 Å². The Hall–Kier alpha value is -2.96. The lowest BCUT2D eigenvalue weighted by atomic mass is 9.94. The van der Waals surface area contributed by atoms with Crippen molar-refractivity contribution in [1.29, 1.82) is 0 Å². The lowest BCUT2D eigenvalue weighted by Gasteiger charge is -2.31. The lowest BCUT2D eigenvalue weighted by molar-refractivity contribution is -0.139. The molecule has 0 spiro atoms. The molecular weight excluding hydrogens is 361 g/mol. The van der Waals surface area contributed by atoms with Gasteiger partial charge in [-0.15, -0.1) is 0 Å². The summed E-state index contributed by atoms with van der Waals surface area (Å²) < 4.78 is 12.9. The highest BCUT2D eigenvalue weighted by Crippen LogP contribution is 2.22. The molecule has 1 saturated heterocycles. The van der Waals surface area contributed by atoms with Crippen LogP contribution in [0, 0.1) is 11.7 Å². The number of nitrogens with one attached hydrogen (secondary N) is 1. The van der Waals surface area contributed by atoms with Crippen LogP contribution in [0.25, 0.3) is 0 Å². The van der Waals surface area contributed by atoms with Crippen LogP contribution in [0.3, 0.4) is 0 Å². The highest BCUT2D eigenvalue weighted by Gasteiger charge is 2.25. The van der Waals surface area contributed by atoms with Crippen LogP contribution >= 0.6 is 0 Å². The molecule has 1 aromatic rings. The number of carbonyl (C=O) groups excluding carboxylic acids is 3. The van der Waals surface area contributed by atoms with Gasteiger partial charge in [-0.3, -0.25) is 14.5 Å². The Morgan fingerprint density at radius 3 is 2.46 bits per heavy atom. The molecule has 2 aliphatic rings. The third-order valence-corrected chi connectivity index (χ3v) is 5.04. The van der Waals surface area contributed by atoms with Crippen molar-refractivity contribution in [2.24, 2.45) is 5.92 Å². The highest BCUT2D eigenvalue weighted by molar-refractivity contribution is 6.07. The molecule has 148 valence electrons. The fourth-order valence-electron chi connectivity index (χ4n) is 3.43. The molecular formula is C21H24FN3O3. The van der Waals surface area contributed by atoms with Crippen molar-refractivity contribution in [1.82, 2.24) is 9.80 Å². The van der Waals surface area contributed by atoms with E-state index in [1.165, 1.54) is 35.2 Å². The fraction of sp³-hybridized carbons (Fsp3) is 0.381. The van der Waals surface area contributed by atoms with Gasteiger partial charge in [-0.05, 0) is 62.4 Å². The topological polar surface area (TPSA) is 69.7 Å². The van der Waals surface area contributed by atoms with Crippen molar-refractivity contribution in [3.8, 4) is 0 Å². The minimum absolute atomic E-state index is 0.189. The van der Waals surface area contributed by atoms with Crippen molar-refractivity contribution in [3.63, 3.8) is 0 Å². The molecule has 28 heavy (non-hydrogen) atoms. The van der Waals surface area contributed by atoms with Crippen LogP contribution in [-0.2, 0) is 9.59 Å². The molecule has 0 atom stereocenters. The summed E-state index contributed by atoms with van der Waals surface area (Å²) in [6, 6.07) is 5.43. The third-order valence-electron chi connectivity index (χ3n) is 5.04. The van der Waals surface area contributed by atoms with Crippen LogP contribution < -0.4 is 5.32 Å². The lowest BCUT2D eigenvalue weighted by Crippen LogP contribution is -2.41. The highest BCUT2D eigenvalue weighted by atomic mass is 19.1. The largest absolute Gasteiger partial charge is 0.324 e. The number of amides is 4. The summed E-state index contributed by atoms with van der Waals surface area (Å²) in [5.41, 5.74) is 1.12. The summed E-state index contributed by atoms with van der Waals surface area (Å²) >= 11 is 0. The first-order valence-corrected chi connectivity index (χ1v) is 9.46. The Labute approximate surface area is 163 Å². The molecule has 1 fully saturated rings. The number of anilines is 1. The molecule has 0 bridgehead atoms. The number of carbonyl (C=O) groups is 3. The molecule has 7 heteroatoms. The molecule has 4 amide bonds. The van der Waals surface area contributed by atoms with E-state index in [1.54, 1.807) is 17.9 Å². The van der Waals surface area contributed by atoms with Gasteiger partial charge in [0.2, 0.25) is 0 Å². The van der Waals surface area contributed by atoms with E-state index < -0.39 is 0 Å². The number of nitrogens with zero attached hydrogens (tertiary/aromatic N) is 2. The molecule has 2 heterocycles. The SMILES string of the molecule is C/C(=C/C1CCN(C(=O)Nc2ccc(F)cc2)CC1)C(=O)N1CCC=CC1=O. The Kier molecular flexibility index (Phi) is 6.23. The summed E-state index contributed by atoms with van der Waals surface area (Å²) in [5, 5.41) is 2.76. The van der Waals surface area contributed by atoms with Gasteiger partial charge in [-0.1, -0.05) is 12.2 Å². The van der Waals surface area contributed by atoms with Gasteiger partial charge < -0.3 is 10.2 Å². The molecule has 1 aromatic carbocycles. The number of likely N-dealkylation sites (tertiary alicyclic amines) is 1. The normalized spacial score (nSPS) is 18.4.